The van der Waals surface area contributed by atoms with Crippen molar-refractivity contribution in [3.8, 4) is 0 Å². The summed E-state index contributed by atoms with van der Waals surface area (Å²) in [6, 6.07) is 0. The molecule has 14 heavy (non-hydrogen) atoms. The van der Waals surface area contributed by atoms with Gasteiger partial charge in [-0.2, -0.15) is 0 Å². The number of rotatable bonds is 2. The molecule has 0 aliphatic heterocycles. The van der Waals surface area contributed by atoms with E-state index in [0.717, 1.165) is 42.4 Å². The number of hydrogen-bond acceptors (Lipinski definition) is 1. The highest BCUT2D eigenvalue weighted by Crippen LogP contribution is 2.39. The van der Waals surface area contributed by atoms with Gasteiger partial charge in [0.05, 0.1) is 0 Å². The third-order valence-corrected chi connectivity index (χ3v) is 3.13. The van der Waals surface area contributed by atoms with Crippen LogP contribution < -0.4 is 0 Å². The van der Waals surface area contributed by atoms with E-state index in [4.69, 9.17) is 0 Å². The molecule has 2 aliphatic carbocycles. The number of ketones is 1. The summed E-state index contributed by atoms with van der Waals surface area (Å²) in [5, 5.41) is 0. The zero-order valence-electron chi connectivity index (χ0n) is 8.68. The average Bonchev–Trinajstić information content (AvgIpc) is 2.45. The van der Waals surface area contributed by atoms with E-state index in [9.17, 15) is 4.79 Å². The molecule has 0 saturated carbocycles. The van der Waals surface area contributed by atoms with Gasteiger partial charge >= 0.3 is 0 Å². The van der Waals surface area contributed by atoms with Crippen LogP contribution in [0.5, 0.6) is 0 Å². The molecule has 0 saturated heterocycles. The Balaban J connectivity index is 2.30. The zero-order chi connectivity index (χ0) is 10.1. The standard InChI is InChI=1S/C13H16O/c1-3-6-11-9(2)10-7-4-5-8-12(10)13(11)14/h4,7,11H,2-3,5-6,8H2,1H3. The van der Waals surface area contributed by atoms with Crippen molar-refractivity contribution in [2.24, 2.45) is 5.92 Å². The van der Waals surface area contributed by atoms with Crippen molar-refractivity contribution < 1.29 is 4.79 Å². The van der Waals surface area contributed by atoms with Crippen LogP contribution in [0.3, 0.4) is 0 Å². The van der Waals surface area contributed by atoms with Crippen molar-refractivity contribution in [2.45, 2.75) is 32.6 Å². The number of carbonyl (C=O) groups excluding carboxylic acids is 1. The molecule has 2 rings (SSSR count). The molecular formula is C13H16O. The summed E-state index contributed by atoms with van der Waals surface area (Å²) in [7, 11) is 0. The molecular weight excluding hydrogens is 172 g/mol. The van der Waals surface area contributed by atoms with E-state index in [1.807, 2.05) is 0 Å². The smallest absolute Gasteiger partial charge is 0.166 e. The Kier molecular flexibility index (Phi) is 2.40. The van der Waals surface area contributed by atoms with Crippen molar-refractivity contribution >= 4 is 5.78 Å². The van der Waals surface area contributed by atoms with E-state index >= 15 is 0 Å². The largest absolute Gasteiger partial charge is 0.294 e. The third-order valence-electron chi connectivity index (χ3n) is 3.13. The van der Waals surface area contributed by atoms with Gasteiger partial charge in [0.1, 0.15) is 0 Å². The first-order valence-corrected chi connectivity index (χ1v) is 5.38. The molecule has 0 aromatic carbocycles. The summed E-state index contributed by atoms with van der Waals surface area (Å²) in [4.78, 5) is 12.0. The summed E-state index contributed by atoms with van der Waals surface area (Å²) in [6.07, 6.45) is 8.17. The molecule has 0 N–H and O–H groups in total. The molecule has 2 aliphatic rings. The SMILES string of the molecule is C=C1C2=C(CCC=C2)C(=O)C1CCC. The summed E-state index contributed by atoms with van der Waals surface area (Å²) in [6.45, 7) is 6.18. The monoisotopic (exact) mass is 188 g/mol. The van der Waals surface area contributed by atoms with E-state index in [1.54, 1.807) is 0 Å². The topological polar surface area (TPSA) is 17.1 Å². The predicted octanol–water partition coefficient (Wildman–Crippen LogP) is 3.19. The number of allylic oxidation sites excluding steroid dienone is 5. The Bertz CT molecular complexity index is 344. The molecule has 0 spiro atoms. The Morgan fingerprint density at radius 2 is 2.36 bits per heavy atom. The van der Waals surface area contributed by atoms with Gasteiger partial charge in [-0.25, -0.2) is 0 Å². The lowest BCUT2D eigenvalue weighted by atomic mass is 9.94. The minimum absolute atomic E-state index is 0.0905. The van der Waals surface area contributed by atoms with E-state index < -0.39 is 0 Å². The van der Waals surface area contributed by atoms with Crippen LogP contribution in [0.15, 0.2) is 35.5 Å². The fourth-order valence-corrected chi connectivity index (χ4v) is 2.37. The zero-order valence-corrected chi connectivity index (χ0v) is 8.68. The molecule has 0 heterocycles. The van der Waals surface area contributed by atoms with Gasteiger partial charge in [0.15, 0.2) is 5.78 Å². The van der Waals surface area contributed by atoms with E-state index in [0.29, 0.717) is 5.78 Å². The van der Waals surface area contributed by atoms with Crippen molar-refractivity contribution in [1.29, 1.82) is 0 Å². The van der Waals surface area contributed by atoms with Gasteiger partial charge in [-0.3, -0.25) is 4.79 Å². The molecule has 0 bridgehead atoms. The van der Waals surface area contributed by atoms with Crippen LogP contribution in [-0.4, -0.2) is 5.78 Å². The van der Waals surface area contributed by atoms with Crippen molar-refractivity contribution in [3.63, 3.8) is 0 Å². The van der Waals surface area contributed by atoms with Crippen LogP contribution in [0.1, 0.15) is 32.6 Å². The lowest BCUT2D eigenvalue weighted by Gasteiger charge is -2.08. The second kappa shape index (κ2) is 3.56. The summed E-state index contributed by atoms with van der Waals surface area (Å²) >= 11 is 0. The molecule has 0 aromatic heterocycles. The van der Waals surface area contributed by atoms with Crippen molar-refractivity contribution in [1.82, 2.24) is 0 Å². The summed E-state index contributed by atoms with van der Waals surface area (Å²) in [5.74, 6) is 0.434. The maximum atomic E-state index is 12.0. The molecule has 0 amide bonds. The number of carbonyl (C=O) groups is 1. The Hall–Kier alpha value is -1.11. The predicted molar refractivity (Wildman–Crippen MR) is 57.9 cm³/mol. The van der Waals surface area contributed by atoms with Crippen LogP contribution in [0.2, 0.25) is 0 Å². The number of Topliss-reactive ketones (excluding diaryl/α,β-unsaturated/α-hetero) is 1. The second-order valence-corrected chi connectivity index (χ2v) is 4.06. The van der Waals surface area contributed by atoms with Crippen LogP contribution in [-0.2, 0) is 4.79 Å². The van der Waals surface area contributed by atoms with Crippen LogP contribution in [0.25, 0.3) is 0 Å². The third kappa shape index (κ3) is 1.28. The molecule has 1 unspecified atom stereocenters. The van der Waals surface area contributed by atoms with Gasteiger partial charge in [-0.15, -0.1) is 0 Å². The first kappa shape index (κ1) is 9.45. The minimum atomic E-state index is 0.0905. The highest BCUT2D eigenvalue weighted by Gasteiger charge is 2.34. The van der Waals surface area contributed by atoms with E-state index in [-0.39, 0.29) is 5.92 Å². The molecule has 0 aromatic rings. The fourth-order valence-electron chi connectivity index (χ4n) is 2.37. The quantitative estimate of drug-likeness (QED) is 0.650. The molecule has 1 atom stereocenters. The Morgan fingerprint density at radius 3 is 3.00 bits per heavy atom. The first-order chi connectivity index (χ1) is 6.75. The summed E-state index contributed by atoms with van der Waals surface area (Å²) < 4.78 is 0. The highest BCUT2D eigenvalue weighted by atomic mass is 16.1. The van der Waals surface area contributed by atoms with Gasteiger partial charge in [-0.1, -0.05) is 32.1 Å². The Labute approximate surface area is 85.2 Å². The fraction of sp³-hybridized carbons (Fsp3) is 0.462. The molecule has 74 valence electrons. The molecule has 1 heteroatoms. The average molecular weight is 188 g/mol. The summed E-state index contributed by atoms with van der Waals surface area (Å²) in [5.41, 5.74) is 3.23. The van der Waals surface area contributed by atoms with Gasteiger partial charge in [0.2, 0.25) is 0 Å². The Morgan fingerprint density at radius 1 is 1.57 bits per heavy atom. The van der Waals surface area contributed by atoms with Gasteiger partial charge in [-0.05, 0) is 30.4 Å². The van der Waals surface area contributed by atoms with E-state index in [1.165, 1.54) is 0 Å². The first-order valence-electron chi connectivity index (χ1n) is 5.38. The van der Waals surface area contributed by atoms with Crippen LogP contribution in [0, 0.1) is 5.92 Å². The maximum absolute atomic E-state index is 12.0. The van der Waals surface area contributed by atoms with Crippen molar-refractivity contribution in [3.05, 3.63) is 35.5 Å². The molecule has 0 fully saturated rings. The molecule has 0 radical (unpaired) electrons. The van der Waals surface area contributed by atoms with Crippen molar-refractivity contribution in [2.75, 3.05) is 0 Å². The van der Waals surface area contributed by atoms with Crippen LogP contribution in [0.4, 0.5) is 0 Å². The highest BCUT2D eigenvalue weighted by molar-refractivity contribution is 6.05. The molecule has 1 nitrogen and oxygen atoms in total. The minimum Gasteiger partial charge on any atom is -0.294 e. The lowest BCUT2D eigenvalue weighted by molar-refractivity contribution is -0.117. The van der Waals surface area contributed by atoms with Gasteiger partial charge in [0, 0.05) is 11.5 Å². The van der Waals surface area contributed by atoms with Gasteiger partial charge < -0.3 is 0 Å². The van der Waals surface area contributed by atoms with Crippen LogP contribution >= 0.6 is 0 Å². The normalized spacial score (nSPS) is 25.9. The second-order valence-electron chi connectivity index (χ2n) is 4.06. The number of hydrogen-bond donors (Lipinski definition) is 0. The van der Waals surface area contributed by atoms with E-state index in [2.05, 4.69) is 25.7 Å². The lowest BCUT2D eigenvalue weighted by Crippen LogP contribution is -2.11. The maximum Gasteiger partial charge on any atom is 0.166 e. The van der Waals surface area contributed by atoms with Gasteiger partial charge in [0.25, 0.3) is 0 Å².